The fourth-order valence-corrected chi connectivity index (χ4v) is 4.79. The van der Waals surface area contributed by atoms with Gasteiger partial charge in [-0.15, -0.1) is 0 Å². The minimum atomic E-state index is -3.68. The number of hydrogen-bond acceptors (Lipinski definition) is 4. The number of amides is 1. The number of halogens is 2. The number of benzene rings is 2. The lowest BCUT2D eigenvalue weighted by Gasteiger charge is -2.26. The lowest BCUT2D eigenvalue weighted by atomic mass is 10.1. The Labute approximate surface area is 174 Å². The van der Waals surface area contributed by atoms with Gasteiger partial charge in [0.15, 0.2) is 0 Å². The molecule has 1 N–H and O–H groups in total. The van der Waals surface area contributed by atoms with Crippen LogP contribution in [0.5, 0.6) is 0 Å². The highest BCUT2D eigenvalue weighted by Gasteiger charge is 2.27. The molecule has 0 saturated carbocycles. The van der Waals surface area contributed by atoms with Gasteiger partial charge in [0.25, 0.3) is 5.91 Å². The van der Waals surface area contributed by atoms with Crippen molar-refractivity contribution >= 4 is 39.1 Å². The number of nitrogens with zero attached hydrogens (tertiary/aromatic N) is 1. The van der Waals surface area contributed by atoms with Gasteiger partial charge in [0.1, 0.15) is 0 Å². The van der Waals surface area contributed by atoms with E-state index in [1.54, 1.807) is 31.2 Å². The van der Waals surface area contributed by atoms with E-state index in [0.717, 1.165) is 0 Å². The second-order valence-corrected chi connectivity index (χ2v) is 9.19. The molecule has 28 heavy (non-hydrogen) atoms. The van der Waals surface area contributed by atoms with Gasteiger partial charge in [-0.05, 0) is 42.3 Å². The Kier molecular flexibility index (Phi) is 6.62. The molecule has 0 radical (unpaired) electrons. The minimum absolute atomic E-state index is 0.0923. The molecule has 1 heterocycles. The van der Waals surface area contributed by atoms with Crippen molar-refractivity contribution in [2.75, 3.05) is 26.3 Å². The van der Waals surface area contributed by atoms with Crippen LogP contribution in [0.1, 0.15) is 21.5 Å². The zero-order chi connectivity index (χ0) is 20.3. The quantitative estimate of drug-likeness (QED) is 0.770. The molecule has 1 amide bonds. The van der Waals surface area contributed by atoms with Crippen molar-refractivity contribution < 1.29 is 17.9 Å². The molecule has 0 atom stereocenters. The Morgan fingerprint density at radius 1 is 1.14 bits per heavy atom. The highest BCUT2D eigenvalue weighted by Crippen LogP contribution is 2.22. The predicted molar refractivity (Wildman–Crippen MR) is 108 cm³/mol. The largest absolute Gasteiger partial charge is 0.379 e. The molecule has 1 fully saturated rings. The van der Waals surface area contributed by atoms with E-state index in [-0.39, 0.29) is 17.3 Å². The van der Waals surface area contributed by atoms with Gasteiger partial charge in [0.2, 0.25) is 10.0 Å². The zero-order valence-corrected chi connectivity index (χ0v) is 17.6. The lowest BCUT2D eigenvalue weighted by molar-refractivity contribution is 0.0730. The van der Waals surface area contributed by atoms with Gasteiger partial charge >= 0.3 is 0 Å². The van der Waals surface area contributed by atoms with E-state index >= 15 is 0 Å². The molecule has 150 valence electrons. The monoisotopic (exact) mass is 442 g/mol. The van der Waals surface area contributed by atoms with Gasteiger partial charge in [0.05, 0.1) is 18.1 Å². The first kappa shape index (κ1) is 21.1. The van der Waals surface area contributed by atoms with Crippen LogP contribution < -0.4 is 5.32 Å². The average Bonchev–Trinajstić information content (AvgIpc) is 2.68. The summed E-state index contributed by atoms with van der Waals surface area (Å²) in [5.41, 5.74) is 1.70. The average molecular weight is 443 g/mol. The SMILES string of the molecule is Cc1ccc(S(=O)(=O)N2CCOCC2)cc1C(=O)NCc1ccc(Cl)cc1Cl. The molecular formula is C19H20Cl2N2O4S. The summed E-state index contributed by atoms with van der Waals surface area (Å²) in [6, 6.07) is 9.60. The summed E-state index contributed by atoms with van der Waals surface area (Å²) in [6.45, 7) is 3.28. The highest BCUT2D eigenvalue weighted by atomic mass is 35.5. The summed E-state index contributed by atoms with van der Waals surface area (Å²) in [7, 11) is -3.68. The first-order valence-electron chi connectivity index (χ1n) is 8.70. The van der Waals surface area contributed by atoms with Crippen LogP contribution >= 0.6 is 23.2 Å². The molecule has 1 aliphatic rings. The van der Waals surface area contributed by atoms with Crippen molar-refractivity contribution in [3.05, 3.63) is 63.1 Å². The maximum atomic E-state index is 12.8. The Morgan fingerprint density at radius 3 is 2.54 bits per heavy atom. The van der Waals surface area contributed by atoms with Gasteiger partial charge in [-0.1, -0.05) is 35.3 Å². The normalized spacial score (nSPS) is 15.4. The van der Waals surface area contributed by atoms with Gasteiger partial charge in [-0.3, -0.25) is 4.79 Å². The second-order valence-electron chi connectivity index (χ2n) is 6.41. The molecule has 1 aliphatic heterocycles. The van der Waals surface area contributed by atoms with Crippen molar-refractivity contribution in [2.45, 2.75) is 18.4 Å². The third kappa shape index (κ3) is 4.67. The Morgan fingerprint density at radius 2 is 1.86 bits per heavy atom. The first-order chi connectivity index (χ1) is 13.3. The fourth-order valence-electron chi connectivity index (χ4n) is 2.88. The molecule has 2 aromatic carbocycles. The lowest BCUT2D eigenvalue weighted by Crippen LogP contribution is -2.40. The predicted octanol–water partition coefficient (Wildman–Crippen LogP) is 3.25. The van der Waals surface area contributed by atoms with Gasteiger partial charge in [-0.2, -0.15) is 4.31 Å². The van der Waals surface area contributed by atoms with Crippen LogP contribution in [0.15, 0.2) is 41.3 Å². The molecule has 0 bridgehead atoms. The van der Waals surface area contributed by atoms with E-state index in [1.165, 1.54) is 16.4 Å². The number of rotatable bonds is 5. The van der Waals surface area contributed by atoms with Crippen molar-refractivity contribution in [2.24, 2.45) is 0 Å². The maximum absolute atomic E-state index is 12.8. The van der Waals surface area contributed by atoms with Crippen LogP contribution in [0.2, 0.25) is 10.0 Å². The third-order valence-corrected chi connectivity index (χ3v) is 7.00. The van der Waals surface area contributed by atoms with Crippen LogP contribution in [0.4, 0.5) is 0 Å². The number of hydrogen-bond donors (Lipinski definition) is 1. The van der Waals surface area contributed by atoms with Crippen LogP contribution in [0.25, 0.3) is 0 Å². The van der Waals surface area contributed by atoms with Crippen molar-refractivity contribution in [1.82, 2.24) is 9.62 Å². The number of morpholine rings is 1. The first-order valence-corrected chi connectivity index (χ1v) is 10.9. The number of carbonyl (C=O) groups excluding carboxylic acids is 1. The molecule has 0 aliphatic carbocycles. The number of carbonyl (C=O) groups is 1. The Bertz CT molecular complexity index is 989. The van der Waals surface area contributed by atoms with Gasteiger partial charge in [0, 0.05) is 35.2 Å². The molecule has 9 heteroatoms. The summed E-state index contributed by atoms with van der Waals surface area (Å²) in [6.07, 6.45) is 0. The zero-order valence-electron chi connectivity index (χ0n) is 15.2. The van der Waals surface area contributed by atoms with E-state index in [4.69, 9.17) is 27.9 Å². The van der Waals surface area contributed by atoms with Crippen LogP contribution in [-0.4, -0.2) is 44.9 Å². The van der Waals surface area contributed by atoms with Crippen molar-refractivity contribution in [3.63, 3.8) is 0 Å². The molecule has 1 saturated heterocycles. The van der Waals surface area contributed by atoms with E-state index < -0.39 is 10.0 Å². The number of nitrogens with one attached hydrogen (secondary N) is 1. The fraction of sp³-hybridized carbons (Fsp3) is 0.316. The van der Waals surface area contributed by atoms with Crippen LogP contribution in [0.3, 0.4) is 0 Å². The molecule has 2 aromatic rings. The number of aryl methyl sites for hydroxylation is 1. The maximum Gasteiger partial charge on any atom is 0.251 e. The van der Waals surface area contributed by atoms with Gasteiger partial charge < -0.3 is 10.1 Å². The topological polar surface area (TPSA) is 75.7 Å². The highest BCUT2D eigenvalue weighted by molar-refractivity contribution is 7.89. The van der Waals surface area contributed by atoms with E-state index in [2.05, 4.69) is 5.32 Å². The summed E-state index contributed by atoms with van der Waals surface area (Å²) < 4.78 is 32.3. The van der Waals surface area contributed by atoms with Crippen LogP contribution in [-0.2, 0) is 21.3 Å². The van der Waals surface area contributed by atoms with Crippen LogP contribution in [0, 0.1) is 6.92 Å². The van der Waals surface area contributed by atoms with E-state index in [9.17, 15) is 13.2 Å². The number of ether oxygens (including phenoxy) is 1. The molecule has 0 spiro atoms. The minimum Gasteiger partial charge on any atom is -0.379 e. The standard InChI is InChI=1S/C19H20Cl2N2O4S/c1-13-2-5-16(28(25,26)23-6-8-27-9-7-23)11-17(13)19(24)22-12-14-3-4-15(20)10-18(14)21/h2-5,10-11H,6-9,12H2,1H3,(H,22,24). The van der Waals surface area contributed by atoms with Crippen molar-refractivity contribution in [3.8, 4) is 0 Å². The molecule has 0 unspecified atom stereocenters. The molecule has 0 aromatic heterocycles. The van der Waals surface area contributed by atoms with E-state index in [1.807, 2.05) is 0 Å². The molecule has 6 nitrogen and oxygen atoms in total. The smallest absolute Gasteiger partial charge is 0.251 e. The van der Waals surface area contributed by atoms with Gasteiger partial charge in [-0.25, -0.2) is 8.42 Å². The summed E-state index contributed by atoms with van der Waals surface area (Å²) in [4.78, 5) is 12.8. The molecular weight excluding hydrogens is 423 g/mol. The summed E-state index contributed by atoms with van der Waals surface area (Å²) in [5, 5.41) is 3.74. The second kappa shape index (κ2) is 8.80. The molecule has 3 rings (SSSR count). The number of sulfonamides is 1. The Hall–Kier alpha value is -1.64. The van der Waals surface area contributed by atoms with E-state index in [0.29, 0.717) is 53.0 Å². The summed E-state index contributed by atoms with van der Waals surface area (Å²) in [5.74, 6) is -0.373. The Balaban J connectivity index is 1.79. The summed E-state index contributed by atoms with van der Waals surface area (Å²) >= 11 is 12.0. The van der Waals surface area contributed by atoms with Crippen molar-refractivity contribution in [1.29, 1.82) is 0 Å². The third-order valence-electron chi connectivity index (χ3n) is 4.52.